The number of ether oxygens (including phenoxy) is 1. The zero-order chi connectivity index (χ0) is 11.3. The fourth-order valence-corrected chi connectivity index (χ4v) is 3.12. The van der Waals surface area contributed by atoms with Gasteiger partial charge in [-0.25, -0.2) is 4.79 Å². The Kier molecular flexibility index (Phi) is 2.53. The second-order valence-electron chi connectivity index (χ2n) is 5.69. The summed E-state index contributed by atoms with van der Waals surface area (Å²) in [6.45, 7) is 7.41. The number of nitrogens with zero attached hydrogens (tertiary/aromatic N) is 1. The molecule has 2 aliphatic rings. The van der Waals surface area contributed by atoms with E-state index >= 15 is 0 Å². The Morgan fingerprint density at radius 3 is 2.53 bits per heavy atom. The lowest BCUT2D eigenvalue weighted by Crippen LogP contribution is -2.35. The summed E-state index contributed by atoms with van der Waals surface area (Å²) in [7, 11) is 0. The van der Waals surface area contributed by atoms with Gasteiger partial charge in [-0.3, -0.25) is 0 Å². The SMILES string of the molecule is CC(C)(C)OC(=O)N1CC[C@@]2(C[C@H]2Br)C1. The van der Waals surface area contributed by atoms with Gasteiger partial charge in [0, 0.05) is 23.3 Å². The maximum Gasteiger partial charge on any atom is 0.410 e. The van der Waals surface area contributed by atoms with Gasteiger partial charge in [0.1, 0.15) is 5.60 Å². The highest BCUT2D eigenvalue weighted by atomic mass is 79.9. The smallest absolute Gasteiger partial charge is 0.410 e. The van der Waals surface area contributed by atoms with Crippen LogP contribution in [0, 0.1) is 5.41 Å². The molecule has 0 radical (unpaired) electrons. The van der Waals surface area contributed by atoms with Gasteiger partial charge in [0.05, 0.1) is 0 Å². The first-order valence-electron chi connectivity index (χ1n) is 5.44. The molecule has 1 heterocycles. The zero-order valence-electron chi connectivity index (χ0n) is 9.55. The molecule has 1 amide bonds. The first kappa shape index (κ1) is 11.2. The number of likely N-dealkylation sites (tertiary alicyclic amines) is 1. The van der Waals surface area contributed by atoms with E-state index in [0.29, 0.717) is 10.2 Å². The molecular formula is C11H18BrNO2. The average Bonchev–Trinajstić information content (AvgIpc) is 2.55. The molecule has 86 valence electrons. The molecular weight excluding hydrogens is 258 g/mol. The van der Waals surface area contributed by atoms with Gasteiger partial charge in [0.2, 0.25) is 0 Å². The summed E-state index contributed by atoms with van der Waals surface area (Å²) in [4.78, 5) is 14.2. The number of carbonyl (C=O) groups is 1. The van der Waals surface area contributed by atoms with E-state index in [1.165, 1.54) is 6.42 Å². The van der Waals surface area contributed by atoms with Crippen molar-refractivity contribution in [2.75, 3.05) is 13.1 Å². The van der Waals surface area contributed by atoms with Crippen LogP contribution >= 0.6 is 15.9 Å². The molecule has 0 aromatic carbocycles. The minimum Gasteiger partial charge on any atom is -0.444 e. The molecule has 1 aliphatic heterocycles. The first-order chi connectivity index (χ1) is 6.82. The second kappa shape index (κ2) is 3.37. The molecule has 0 bridgehead atoms. The largest absolute Gasteiger partial charge is 0.444 e. The lowest BCUT2D eigenvalue weighted by atomic mass is 10.1. The molecule has 1 aliphatic carbocycles. The van der Waals surface area contributed by atoms with E-state index in [4.69, 9.17) is 4.74 Å². The predicted molar refractivity (Wildman–Crippen MR) is 62.2 cm³/mol. The van der Waals surface area contributed by atoms with Crippen LogP contribution in [0.4, 0.5) is 4.79 Å². The molecule has 2 rings (SSSR count). The molecule has 1 spiro atoms. The fourth-order valence-electron chi connectivity index (χ4n) is 2.10. The van der Waals surface area contributed by atoms with Crippen LogP contribution in [0.3, 0.4) is 0 Å². The van der Waals surface area contributed by atoms with Crippen LogP contribution in [0.25, 0.3) is 0 Å². The summed E-state index contributed by atoms with van der Waals surface area (Å²) in [6.07, 6.45) is 2.15. The highest BCUT2D eigenvalue weighted by Gasteiger charge is 2.57. The van der Waals surface area contributed by atoms with Crippen LogP contribution in [0.1, 0.15) is 33.6 Å². The summed E-state index contributed by atoms with van der Waals surface area (Å²) < 4.78 is 5.35. The topological polar surface area (TPSA) is 29.5 Å². The van der Waals surface area contributed by atoms with E-state index in [1.807, 2.05) is 25.7 Å². The number of rotatable bonds is 0. The van der Waals surface area contributed by atoms with Crippen molar-refractivity contribution < 1.29 is 9.53 Å². The summed E-state index contributed by atoms with van der Waals surface area (Å²) in [6, 6.07) is 0. The molecule has 15 heavy (non-hydrogen) atoms. The molecule has 2 atom stereocenters. The summed E-state index contributed by atoms with van der Waals surface area (Å²) in [5.74, 6) is 0. The van der Waals surface area contributed by atoms with Crippen molar-refractivity contribution in [3.63, 3.8) is 0 Å². The molecule has 0 N–H and O–H groups in total. The Balaban J connectivity index is 1.89. The Morgan fingerprint density at radius 1 is 1.53 bits per heavy atom. The number of hydrogen-bond acceptors (Lipinski definition) is 2. The molecule has 0 aromatic heterocycles. The van der Waals surface area contributed by atoms with Gasteiger partial charge >= 0.3 is 6.09 Å². The van der Waals surface area contributed by atoms with Gasteiger partial charge in [0.15, 0.2) is 0 Å². The summed E-state index contributed by atoms with van der Waals surface area (Å²) in [5.41, 5.74) is -0.0128. The number of alkyl halides is 1. The Hall–Kier alpha value is -0.250. The zero-order valence-corrected chi connectivity index (χ0v) is 11.1. The van der Waals surface area contributed by atoms with Gasteiger partial charge in [-0.05, 0) is 33.6 Å². The van der Waals surface area contributed by atoms with E-state index in [9.17, 15) is 4.79 Å². The minimum atomic E-state index is -0.385. The second-order valence-corrected chi connectivity index (χ2v) is 6.79. The molecule has 4 heteroatoms. The highest BCUT2D eigenvalue weighted by Crippen LogP contribution is 2.57. The number of carbonyl (C=O) groups excluding carboxylic acids is 1. The van der Waals surface area contributed by atoms with Gasteiger partial charge in [-0.1, -0.05) is 15.9 Å². The van der Waals surface area contributed by atoms with Crippen LogP contribution in [0.5, 0.6) is 0 Å². The molecule has 2 fully saturated rings. The molecule has 1 saturated carbocycles. The number of amides is 1. The van der Waals surface area contributed by atoms with Gasteiger partial charge in [-0.15, -0.1) is 0 Å². The molecule has 3 nitrogen and oxygen atoms in total. The van der Waals surface area contributed by atoms with Crippen molar-refractivity contribution in [3.8, 4) is 0 Å². The Morgan fingerprint density at radius 2 is 2.13 bits per heavy atom. The summed E-state index contributed by atoms with van der Waals surface area (Å²) in [5, 5.41) is 0. The third-order valence-electron chi connectivity index (χ3n) is 3.13. The lowest BCUT2D eigenvalue weighted by Gasteiger charge is -2.24. The van der Waals surface area contributed by atoms with Crippen molar-refractivity contribution in [2.45, 2.75) is 44.0 Å². The van der Waals surface area contributed by atoms with E-state index in [-0.39, 0.29) is 11.7 Å². The van der Waals surface area contributed by atoms with Crippen molar-refractivity contribution in [1.82, 2.24) is 4.90 Å². The Bertz CT molecular complexity index is 287. The van der Waals surface area contributed by atoms with Crippen molar-refractivity contribution >= 4 is 22.0 Å². The third-order valence-corrected chi connectivity index (χ3v) is 4.42. The average molecular weight is 276 g/mol. The minimum absolute atomic E-state index is 0.161. The van der Waals surface area contributed by atoms with Crippen LogP contribution < -0.4 is 0 Å². The maximum atomic E-state index is 11.8. The molecule has 0 unspecified atom stereocenters. The van der Waals surface area contributed by atoms with E-state index in [0.717, 1.165) is 19.5 Å². The fraction of sp³-hybridized carbons (Fsp3) is 0.909. The van der Waals surface area contributed by atoms with E-state index < -0.39 is 0 Å². The van der Waals surface area contributed by atoms with Crippen molar-refractivity contribution in [3.05, 3.63) is 0 Å². The predicted octanol–water partition coefficient (Wildman–Crippen LogP) is 2.78. The quantitative estimate of drug-likeness (QED) is 0.637. The Labute approximate surface area is 99.3 Å². The maximum absolute atomic E-state index is 11.8. The number of hydrogen-bond donors (Lipinski definition) is 0. The van der Waals surface area contributed by atoms with Crippen molar-refractivity contribution in [1.29, 1.82) is 0 Å². The van der Waals surface area contributed by atoms with Gasteiger partial charge in [0.25, 0.3) is 0 Å². The van der Waals surface area contributed by atoms with E-state index in [2.05, 4.69) is 15.9 Å². The van der Waals surface area contributed by atoms with Gasteiger partial charge in [-0.2, -0.15) is 0 Å². The van der Waals surface area contributed by atoms with Crippen LogP contribution in [-0.2, 0) is 4.74 Å². The monoisotopic (exact) mass is 275 g/mol. The van der Waals surface area contributed by atoms with Gasteiger partial charge < -0.3 is 9.64 Å². The van der Waals surface area contributed by atoms with Crippen molar-refractivity contribution in [2.24, 2.45) is 5.41 Å². The van der Waals surface area contributed by atoms with Crippen LogP contribution in [0.2, 0.25) is 0 Å². The lowest BCUT2D eigenvalue weighted by molar-refractivity contribution is 0.0286. The van der Waals surface area contributed by atoms with Crippen LogP contribution in [0.15, 0.2) is 0 Å². The highest BCUT2D eigenvalue weighted by molar-refractivity contribution is 9.09. The van der Waals surface area contributed by atoms with E-state index in [1.54, 1.807) is 0 Å². The number of halogens is 1. The normalized spacial score (nSPS) is 34.7. The van der Waals surface area contributed by atoms with Crippen LogP contribution in [-0.4, -0.2) is 34.5 Å². The molecule has 0 aromatic rings. The summed E-state index contributed by atoms with van der Waals surface area (Å²) >= 11 is 3.63. The third kappa shape index (κ3) is 2.30. The standard InChI is InChI=1S/C11H18BrNO2/c1-10(2,3)15-9(14)13-5-4-11(7-13)6-8(11)12/h8H,4-7H2,1-3H3/t8-,11-/m1/s1. The molecule has 1 saturated heterocycles. The first-order valence-corrected chi connectivity index (χ1v) is 6.36.